The summed E-state index contributed by atoms with van der Waals surface area (Å²) in [4.78, 5) is 0. The van der Waals surface area contributed by atoms with Gasteiger partial charge < -0.3 is 10.4 Å². The van der Waals surface area contributed by atoms with Gasteiger partial charge in [-0.1, -0.05) is 18.2 Å². The van der Waals surface area contributed by atoms with E-state index in [2.05, 4.69) is 5.32 Å². The average molecular weight is 209 g/mol. The third-order valence-electron chi connectivity index (χ3n) is 3.15. The van der Waals surface area contributed by atoms with E-state index in [1.807, 2.05) is 12.1 Å². The number of rotatable bonds is 2. The Bertz CT molecular complexity index is 329. The van der Waals surface area contributed by atoms with Crippen molar-refractivity contribution in [1.82, 2.24) is 5.32 Å². The highest BCUT2D eigenvalue weighted by Gasteiger charge is 2.27. The minimum atomic E-state index is -0.150. The van der Waals surface area contributed by atoms with E-state index in [1.165, 1.54) is 6.07 Å². The third kappa shape index (κ3) is 2.19. The molecule has 0 radical (unpaired) electrons. The first-order valence-corrected chi connectivity index (χ1v) is 5.39. The Morgan fingerprint density at radius 1 is 1.40 bits per heavy atom. The Balaban J connectivity index is 2.24. The van der Waals surface area contributed by atoms with E-state index in [4.69, 9.17) is 0 Å². The Labute approximate surface area is 89.1 Å². The van der Waals surface area contributed by atoms with Gasteiger partial charge in [-0.15, -0.1) is 0 Å². The minimum Gasteiger partial charge on any atom is -0.396 e. The predicted octanol–water partition coefficient (Wildman–Crippen LogP) is 1.51. The molecule has 0 saturated carbocycles. The fourth-order valence-corrected chi connectivity index (χ4v) is 2.30. The minimum absolute atomic E-state index is 0.117. The van der Waals surface area contributed by atoms with Crippen LogP contribution in [0.1, 0.15) is 17.9 Å². The molecule has 2 N–H and O–H groups in total. The summed E-state index contributed by atoms with van der Waals surface area (Å²) in [5.74, 6) is 0.135. The van der Waals surface area contributed by atoms with Crippen LogP contribution in [0.25, 0.3) is 0 Å². The topological polar surface area (TPSA) is 32.3 Å². The van der Waals surface area contributed by atoms with Gasteiger partial charge in [-0.25, -0.2) is 4.39 Å². The van der Waals surface area contributed by atoms with E-state index >= 15 is 0 Å². The van der Waals surface area contributed by atoms with Crippen molar-refractivity contribution < 1.29 is 9.50 Å². The number of piperidine rings is 1. The molecule has 3 heteroatoms. The number of hydrogen-bond donors (Lipinski definition) is 2. The van der Waals surface area contributed by atoms with Crippen molar-refractivity contribution in [2.75, 3.05) is 19.7 Å². The van der Waals surface area contributed by atoms with Crippen molar-refractivity contribution >= 4 is 0 Å². The summed E-state index contributed by atoms with van der Waals surface area (Å²) < 4.78 is 13.6. The lowest BCUT2D eigenvalue weighted by molar-refractivity contribution is 0.178. The molecule has 0 aromatic heterocycles. The number of nitrogens with one attached hydrogen (secondary N) is 1. The molecule has 0 amide bonds. The van der Waals surface area contributed by atoms with Crippen LogP contribution in [0.5, 0.6) is 0 Å². The molecule has 2 atom stereocenters. The summed E-state index contributed by atoms with van der Waals surface area (Å²) >= 11 is 0. The molecular weight excluding hydrogens is 193 g/mol. The van der Waals surface area contributed by atoms with Crippen LogP contribution in [0.2, 0.25) is 0 Å². The zero-order valence-electron chi connectivity index (χ0n) is 8.62. The molecule has 0 spiro atoms. The fraction of sp³-hybridized carbons (Fsp3) is 0.500. The smallest absolute Gasteiger partial charge is 0.126 e. The molecule has 1 fully saturated rings. The largest absolute Gasteiger partial charge is 0.396 e. The molecule has 1 saturated heterocycles. The number of hydrogen-bond acceptors (Lipinski definition) is 2. The van der Waals surface area contributed by atoms with E-state index in [9.17, 15) is 9.50 Å². The van der Waals surface area contributed by atoms with Crippen LogP contribution in [-0.2, 0) is 0 Å². The van der Waals surface area contributed by atoms with Crippen molar-refractivity contribution in [3.63, 3.8) is 0 Å². The van der Waals surface area contributed by atoms with Gasteiger partial charge in [0.2, 0.25) is 0 Å². The lowest BCUT2D eigenvalue weighted by Crippen LogP contribution is -2.37. The third-order valence-corrected chi connectivity index (χ3v) is 3.15. The number of aliphatic hydroxyl groups excluding tert-OH is 1. The molecule has 0 aliphatic carbocycles. The van der Waals surface area contributed by atoms with Gasteiger partial charge in [0.15, 0.2) is 0 Å². The summed E-state index contributed by atoms with van der Waals surface area (Å²) in [7, 11) is 0. The molecule has 1 aliphatic heterocycles. The van der Waals surface area contributed by atoms with E-state index in [1.54, 1.807) is 6.07 Å². The van der Waals surface area contributed by atoms with Crippen molar-refractivity contribution in [3.05, 3.63) is 35.6 Å². The van der Waals surface area contributed by atoms with Gasteiger partial charge in [-0.05, 0) is 30.5 Å². The standard InChI is InChI=1S/C12H16FNO/c13-12-4-2-1-3-11(12)10-5-6-14-7-9(10)8-15/h1-4,9-10,14-15H,5-8H2/t9-,10+/m1/s1. The Morgan fingerprint density at radius 2 is 2.20 bits per heavy atom. The zero-order chi connectivity index (χ0) is 10.7. The maximum Gasteiger partial charge on any atom is 0.126 e. The van der Waals surface area contributed by atoms with E-state index in [0.717, 1.165) is 25.1 Å². The number of aliphatic hydroxyl groups is 1. The van der Waals surface area contributed by atoms with Crippen LogP contribution < -0.4 is 5.32 Å². The van der Waals surface area contributed by atoms with Gasteiger partial charge in [-0.3, -0.25) is 0 Å². The molecule has 0 unspecified atom stereocenters. The maximum atomic E-state index is 13.6. The SMILES string of the molecule is OC[C@H]1CNCC[C@@H]1c1ccccc1F. The molecule has 1 aliphatic rings. The lowest BCUT2D eigenvalue weighted by Gasteiger charge is -2.31. The van der Waals surface area contributed by atoms with Crippen molar-refractivity contribution in [2.45, 2.75) is 12.3 Å². The second-order valence-corrected chi connectivity index (χ2v) is 4.06. The highest BCUT2D eigenvalue weighted by atomic mass is 19.1. The first kappa shape index (κ1) is 10.6. The molecule has 82 valence electrons. The van der Waals surface area contributed by atoms with Crippen LogP contribution in [-0.4, -0.2) is 24.8 Å². The van der Waals surface area contributed by atoms with Crippen LogP contribution in [0.3, 0.4) is 0 Å². The lowest BCUT2D eigenvalue weighted by atomic mass is 9.81. The molecule has 2 nitrogen and oxygen atoms in total. The highest BCUT2D eigenvalue weighted by molar-refractivity contribution is 5.23. The van der Waals surface area contributed by atoms with Gasteiger partial charge in [0.1, 0.15) is 5.82 Å². The summed E-state index contributed by atoms with van der Waals surface area (Å²) in [6.45, 7) is 1.79. The predicted molar refractivity (Wildman–Crippen MR) is 57.2 cm³/mol. The molecule has 0 bridgehead atoms. The normalized spacial score (nSPS) is 26.5. The molecular formula is C12H16FNO. The second kappa shape index (κ2) is 4.73. The summed E-state index contributed by atoms with van der Waals surface area (Å²) in [5.41, 5.74) is 0.748. The molecule has 1 heterocycles. The van der Waals surface area contributed by atoms with Crippen molar-refractivity contribution in [3.8, 4) is 0 Å². The zero-order valence-corrected chi connectivity index (χ0v) is 8.62. The number of halogens is 1. The fourth-order valence-electron chi connectivity index (χ4n) is 2.30. The van der Waals surface area contributed by atoms with Gasteiger partial charge in [-0.2, -0.15) is 0 Å². The first-order chi connectivity index (χ1) is 7.33. The molecule has 15 heavy (non-hydrogen) atoms. The second-order valence-electron chi connectivity index (χ2n) is 4.06. The van der Waals surface area contributed by atoms with E-state index in [0.29, 0.717) is 0 Å². The Kier molecular flexibility index (Phi) is 3.34. The van der Waals surface area contributed by atoms with E-state index < -0.39 is 0 Å². The van der Waals surface area contributed by atoms with Gasteiger partial charge >= 0.3 is 0 Å². The van der Waals surface area contributed by atoms with Crippen LogP contribution in [0.15, 0.2) is 24.3 Å². The highest BCUT2D eigenvalue weighted by Crippen LogP contribution is 2.31. The maximum absolute atomic E-state index is 13.6. The van der Waals surface area contributed by atoms with E-state index in [-0.39, 0.29) is 24.3 Å². The summed E-state index contributed by atoms with van der Waals surface area (Å²) in [6.07, 6.45) is 0.895. The van der Waals surface area contributed by atoms with Crippen molar-refractivity contribution in [1.29, 1.82) is 0 Å². The summed E-state index contributed by atoms with van der Waals surface area (Å²) in [6, 6.07) is 6.88. The van der Waals surface area contributed by atoms with Crippen LogP contribution in [0.4, 0.5) is 4.39 Å². The Hall–Kier alpha value is -0.930. The monoisotopic (exact) mass is 209 g/mol. The average Bonchev–Trinajstić information content (AvgIpc) is 2.30. The van der Waals surface area contributed by atoms with Gasteiger partial charge in [0, 0.05) is 19.1 Å². The first-order valence-electron chi connectivity index (χ1n) is 5.39. The van der Waals surface area contributed by atoms with Gasteiger partial charge in [0.25, 0.3) is 0 Å². The quantitative estimate of drug-likeness (QED) is 0.774. The van der Waals surface area contributed by atoms with Gasteiger partial charge in [0.05, 0.1) is 0 Å². The van der Waals surface area contributed by atoms with Crippen molar-refractivity contribution in [2.24, 2.45) is 5.92 Å². The van der Waals surface area contributed by atoms with Crippen LogP contribution in [0, 0.1) is 11.7 Å². The molecule has 1 aromatic carbocycles. The molecule has 1 aromatic rings. The summed E-state index contributed by atoms with van der Waals surface area (Å²) in [5, 5.41) is 12.5. The van der Waals surface area contributed by atoms with Crippen LogP contribution >= 0.6 is 0 Å². The number of benzene rings is 1. The Morgan fingerprint density at radius 3 is 2.93 bits per heavy atom. The molecule has 2 rings (SSSR count).